The number of alkyl halides is 2. The summed E-state index contributed by atoms with van der Waals surface area (Å²) in [6.07, 6.45) is 2.76. The second-order valence-electron chi connectivity index (χ2n) is 8.60. The Morgan fingerprint density at radius 2 is 2.00 bits per heavy atom. The van der Waals surface area contributed by atoms with Crippen LogP contribution in [0.4, 0.5) is 26.0 Å². The molecule has 31 heavy (non-hydrogen) atoms. The number of halogens is 3. The monoisotopic (exact) mass is 452 g/mol. The lowest BCUT2D eigenvalue weighted by Gasteiger charge is -2.44. The van der Waals surface area contributed by atoms with Gasteiger partial charge in [0.2, 0.25) is 0 Å². The predicted octanol–water partition coefficient (Wildman–Crippen LogP) is 5.71. The van der Waals surface area contributed by atoms with Gasteiger partial charge in [-0.2, -0.15) is 0 Å². The van der Waals surface area contributed by atoms with Gasteiger partial charge in [-0.05, 0) is 35.6 Å². The normalized spacial score (nSPS) is 16.6. The maximum atomic E-state index is 13.6. The molecule has 0 aliphatic heterocycles. The average Bonchev–Trinajstić information content (AvgIpc) is 2.65. The molecule has 0 spiro atoms. The van der Waals surface area contributed by atoms with Crippen LogP contribution in [0, 0.1) is 5.92 Å². The van der Waals surface area contributed by atoms with Gasteiger partial charge in [0, 0.05) is 31.6 Å². The average molecular weight is 453 g/mol. The summed E-state index contributed by atoms with van der Waals surface area (Å²) in [5, 5.41) is 12.8. The zero-order valence-electron chi connectivity index (χ0n) is 17.8. The molecule has 3 rings (SSSR count). The van der Waals surface area contributed by atoms with E-state index in [0.717, 1.165) is 5.56 Å². The lowest BCUT2D eigenvalue weighted by atomic mass is 9.86. The number of aliphatic carboxylic acids is 1. The van der Waals surface area contributed by atoms with Gasteiger partial charge in [-0.3, -0.25) is 4.79 Å². The number of aromatic nitrogens is 2. The second kappa shape index (κ2) is 9.34. The molecule has 1 atom stereocenters. The van der Waals surface area contributed by atoms with Crippen LogP contribution in [-0.4, -0.2) is 39.6 Å². The van der Waals surface area contributed by atoms with Crippen molar-refractivity contribution in [1.82, 2.24) is 9.97 Å². The molecule has 1 fully saturated rings. The topological polar surface area (TPSA) is 78.4 Å². The molecule has 6 nitrogen and oxygen atoms in total. The molecule has 168 valence electrons. The number of nitrogens with zero attached hydrogens (tertiary/aromatic N) is 3. The van der Waals surface area contributed by atoms with Crippen LogP contribution in [0.15, 0.2) is 30.6 Å². The van der Waals surface area contributed by atoms with Gasteiger partial charge >= 0.3 is 5.97 Å². The van der Waals surface area contributed by atoms with Crippen molar-refractivity contribution in [3.63, 3.8) is 0 Å². The maximum Gasteiger partial charge on any atom is 0.303 e. The zero-order chi connectivity index (χ0) is 22.8. The lowest BCUT2D eigenvalue weighted by molar-refractivity contribution is -0.137. The van der Waals surface area contributed by atoms with Gasteiger partial charge in [0.15, 0.2) is 5.82 Å². The first-order valence-electron chi connectivity index (χ1n) is 10.3. The van der Waals surface area contributed by atoms with E-state index >= 15 is 0 Å². The highest BCUT2D eigenvalue weighted by Crippen LogP contribution is 2.43. The number of carboxylic acids is 1. The summed E-state index contributed by atoms with van der Waals surface area (Å²) >= 11 is 5.88. The van der Waals surface area contributed by atoms with Crippen LogP contribution in [0.3, 0.4) is 0 Å². The van der Waals surface area contributed by atoms with E-state index in [1.54, 1.807) is 24.5 Å². The van der Waals surface area contributed by atoms with Crippen LogP contribution >= 0.6 is 11.6 Å². The van der Waals surface area contributed by atoms with Gasteiger partial charge < -0.3 is 15.3 Å². The van der Waals surface area contributed by atoms with Gasteiger partial charge in [-0.1, -0.05) is 32.4 Å². The van der Waals surface area contributed by atoms with E-state index in [1.807, 2.05) is 31.7 Å². The molecule has 0 aromatic carbocycles. The number of anilines is 3. The smallest absolute Gasteiger partial charge is 0.303 e. The highest BCUT2D eigenvalue weighted by Gasteiger charge is 2.48. The largest absolute Gasteiger partial charge is 0.481 e. The highest BCUT2D eigenvalue weighted by atomic mass is 35.5. The SMILES string of the molecule is CC(C)CN(c1ncc([C@H](C)CC(=O)O)cc1Nc1ccc(Cl)nc1)C1CC(F)(F)C1. The number of carboxylic acid groups (broad SMARTS) is 1. The molecule has 9 heteroatoms. The Balaban J connectivity index is 1.99. The fraction of sp³-hybridized carbons (Fsp3) is 0.500. The minimum Gasteiger partial charge on any atom is -0.481 e. The Bertz CT molecular complexity index is 916. The Labute approximate surface area is 185 Å². The molecule has 2 heterocycles. The van der Waals surface area contributed by atoms with Gasteiger partial charge in [0.05, 0.1) is 24.0 Å². The quantitative estimate of drug-likeness (QED) is 0.474. The maximum absolute atomic E-state index is 13.6. The van der Waals surface area contributed by atoms with Gasteiger partial charge in [-0.15, -0.1) is 0 Å². The first kappa shape index (κ1) is 23.2. The number of carbonyl (C=O) groups is 1. The van der Waals surface area contributed by atoms with Gasteiger partial charge in [0.25, 0.3) is 5.92 Å². The van der Waals surface area contributed by atoms with E-state index in [4.69, 9.17) is 16.7 Å². The summed E-state index contributed by atoms with van der Waals surface area (Å²) in [4.78, 5) is 21.8. The first-order valence-corrected chi connectivity index (χ1v) is 10.7. The molecule has 0 unspecified atom stereocenters. The third kappa shape index (κ3) is 6.03. The number of hydrogen-bond donors (Lipinski definition) is 2. The highest BCUT2D eigenvalue weighted by molar-refractivity contribution is 6.29. The second-order valence-corrected chi connectivity index (χ2v) is 8.98. The van der Waals surface area contributed by atoms with Crippen LogP contribution in [0.2, 0.25) is 5.15 Å². The summed E-state index contributed by atoms with van der Waals surface area (Å²) < 4.78 is 27.3. The molecular weight excluding hydrogens is 426 g/mol. The van der Waals surface area contributed by atoms with E-state index in [-0.39, 0.29) is 37.1 Å². The van der Waals surface area contributed by atoms with Crippen LogP contribution in [0.5, 0.6) is 0 Å². The van der Waals surface area contributed by atoms with Crippen molar-refractivity contribution in [2.24, 2.45) is 5.92 Å². The standard InChI is InChI=1S/C22H27ClF2N4O2/c1-13(2)12-29(17-8-22(24,25)9-17)21-18(28-16-4-5-19(23)26-11-16)7-15(10-27-21)14(3)6-20(30)31/h4-5,7,10-11,13-14,17,28H,6,8-9,12H2,1-3H3,(H,30,31)/t14-/m1/s1. The molecular formula is C22H27ClF2N4O2. The number of rotatable bonds is 9. The van der Waals surface area contributed by atoms with Gasteiger partial charge in [-0.25, -0.2) is 18.7 Å². The first-order chi connectivity index (χ1) is 14.5. The molecule has 0 amide bonds. The minimum absolute atomic E-state index is 0.0342. The molecule has 2 N–H and O–H groups in total. The van der Waals surface area contributed by atoms with E-state index < -0.39 is 11.9 Å². The van der Waals surface area contributed by atoms with Crippen LogP contribution in [0.25, 0.3) is 0 Å². The summed E-state index contributed by atoms with van der Waals surface area (Å²) in [6, 6.07) is 4.94. The van der Waals surface area contributed by atoms with E-state index in [1.165, 1.54) is 0 Å². The molecule has 0 bridgehead atoms. The molecule has 1 aliphatic rings. The van der Waals surface area contributed by atoms with E-state index in [9.17, 15) is 13.6 Å². The fourth-order valence-electron chi connectivity index (χ4n) is 3.70. The Morgan fingerprint density at radius 1 is 1.29 bits per heavy atom. The number of nitrogens with one attached hydrogen (secondary N) is 1. The fourth-order valence-corrected chi connectivity index (χ4v) is 3.81. The van der Waals surface area contributed by atoms with Crippen LogP contribution < -0.4 is 10.2 Å². The van der Waals surface area contributed by atoms with Gasteiger partial charge in [0.1, 0.15) is 5.15 Å². The summed E-state index contributed by atoms with van der Waals surface area (Å²) in [7, 11) is 0. The van der Waals surface area contributed by atoms with Crippen molar-refractivity contribution >= 4 is 34.8 Å². The Morgan fingerprint density at radius 3 is 2.55 bits per heavy atom. The number of hydrogen-bond acceptors (Lipinski definition) is 5. The summed E-state index contributed by atoms with van der Waals surface area (Å²) in [6.45, 7) is 6.45. The van der Waals surface area contributed by atoms with Crippen molar-refractivity contribution in [1.29, 1.82) is 0 Å². The molecule has 2 aromatic heterocycles. The van der Waals surface area contributed by atoms with Crippen molar-refractivity contribution in [2.75, 3.05) is 16.8 Å². The lowest BCUT2D eigenvalue weighted by Crippen LogP contribution is -2.52. The van der Waals surface area contributed by atoms with Crippen molar-refractivity contribution in [2.45, 2.75) is 57.9 Å². The molecule has 1 aliphatic carbocycles. The van der Waals surface area contributed by atoms with Crippen molar-refractivity contribution in [3.8, 4) is 0 Å². The van der Waals surface area contributed by atoms with Crippen LogP contribution in [-0.2, 0) is 4.79 Å². The van der Waals surface area contributed by atoms with E-state index in [0.29, 0.717) is 28.9 Å². The Hall–Kier alpha value is -2.48. The van der Waals surface area contributed by atoms with Crippen LogP contribution in [0.1, 0.15) is 51.5 Å². The molecule has 0 saturated heterocycles. The molecule has 1 saturated carbocycles. The minimum atomic E-state index is -2.65. The Kier molecular flexibility index (Phi) is 6.99. The third-order valence-corrected chi connectivity index (χ3v) is 5.51. The van der Waals surface area contributed by atoms with Crippen molar-refractivity contribution < 1.29 is 18.7 Å². The summed E-state index contributed by atoms with van der Waals surface area (Å²) in [5.41, 5.74) is 2.03. The summed E-state index contributed by atoms with van der Waals surface area (Å²) in [5.74, 6) is -2.99. The predicted molar refractivity (Wildman–Crippen MR) is 118 cm³/mol. The van der Waals surface area contributed by atoms with Crippen molar-refractivity contribution in [3.05, 3.63) is 41.3 Å². The molecule has 2 aromatic rings. The molecule has 0 radical (unpaired) electrons. The number of pyridine rings is 2. The third-order valence-electron chi connectivity index (χ3n) is 5.29. The van der Waals surface area contributed by atoms with E-state index in [2.05, 4.69) is 15.3 Å². The zero-order valence-corrected chi connectivity index (χ0v) is 18.5.